The molecule has 2 aromatic heterocycles. The van der Waals surface area contributed by atoms with E-state index in [9.17, 15) is 23.1 Å². The van der Waals surface area contributed by atoms with E-state index in [0.717, 1.165) is 11.8 Å². The number of pyridine rings is 1. The highest BCUT2D eigenvalue weighted by Gasteiger charge is 2.36. The van der Waals surface area contributed by atoms with Gasteiger partial charge in [0.1, 0.15) is 5.69 Å². The van der Waals surface area contributed by atoms with Crippen molar-refractivity contribution in [2.45, 2.75) is 32.7 Å². The number of halogens is 3. The Labute approximate surface area is 182 Å². The molecule has 9 heteroatoms. The lowest BCUT2D eigenvalue weighted by atomic mass is 10.0. The van der Waals surface area contributed by atoms with Crippen molar-refractivity contribution in [3.63, 3.8) is 0 Å². The molecule has 0 spiro atoms. The van der Waals surface area contributed by atoms with Crippen molar-refractivity contribution in [1.82, 2.24) is 14.8 Å². The van der Waals surface area contributed by atoms with E-state index < -0.39 is 24.3 Å². The number of fused-ring (bicyclic) bond motifs is 1. The van der Waals surface area contributed by atoms with Gasteiger partial charge in [-0.2, -0.15) is 18.3 Å². The van der Waals surface area contributed by atoms with Crippen molar-refractivity contribution in [3.05, 3.63) is 76.4 Å². The van der Waals surface area contributed by atoms with Crippen LogP contribution in [0.2, 0.25) is 0 Å². The molecule has 1 aliphatic heterocycles. The summed E-state index contributed by atoms with van der Waals surface area (Å²) in [6.07, 6.45) is -1.45. The molecule has 3 heterocycles. The van der Waals surface area contributed by atoms with Gasteiger partial charge in [-0.05, 0) is 49.7 Å². The molecule has 1 aromatic carbocycles. The van der Waals surface area contributed by atoms with Crippen LogP contribution >= 0.6 is 0 Å². The summed E-state index contributed by atoms with van der Waals surface area (Å²) >= 11 is 0. The average Bonchev–Trinajstić information content (AvgIpc) is 3.20. The quantitative estimate of drug-likeness (QED) is 0.617. The molecule has 32 heavy (non-hydrogen) atoms. The minimum Gasteiger partial charge on any atom is -0.392 e. The highest BCUT2D eigenvalue weighted by atomic mass is 19.4. The van der Waals surface area contributed by atoms with Crippen molar-refractivity contribution in [1.29, 1.82) is 0 Å². The Morgan fingerprint density at radius 3 is 2.62 bits per heavy atom. The van der Waals surface area contributed by atoms with Crippen LogP contribution in [0, 0.1) is 18.8 Å². The van der Waals surface area contributed by atoms with E-state index in [1.54, 1.807) is 10.9 Å². The van der Waals surface area contributed by atoms with E-state index in [2.05, 4.69) is 21.9 Å². The largest absolute Gasteiger partial charge is 0.416 e. The molecular weight excluding hydrogens is 421 g/mol. The van der Waals surface area contributed by atoms with Crippen molar-refractivity contribution in [3.8, 4) is 11.8 Å². The van der Waals surface area contributed by atoms with Crippen LogP contribution in [0.1, 0.15) is 51.4 Å². The number of carbonyl (C=O) groups excluding carboxylic acids is 1. The first-order valence-corrected chi connectivity index (χ1v) is 9.84. The molecule has 0 bridgehead atoms. The Bertz CT molecular complexity index is 1240. The molecule has 0 saturated carbocycles. The van der Waals surface area contributed by atoms with Crippen LogP contribution < -0.4 is 4.90 Å². The van der Waals surface area contributed by atoms with Gasteiger partial charge in [0.2, 0.25) is 0 Å². The Morgan fingerprint density at radius 1 is 1.19 bits per heavy atom. The van der Waals surface area contributed by atoms with Crippen LogP contribution in [0.4, 0.5) is 18.9 Å². The average molecular weight is 440 g/mol. The second-order valence-corrected chi connectivity index (χ2v) is 7.55. The molecule has 0 unspecified atom stereocenters. The Morgan fingerprint density at radius 2 is 1.97 bits per heavy atom. The molecular formula is C23H19F3N4O2. The number of alkyl halides is 3. The van der Waals surface area contributed by atoms with Gasteiger partial charge in [0, 0.05) is 29.7 Å². The highest BCUT2D eigenvalue weighted by Crippen LogP contribution is 2.35. The summed E-state index contributed by atoms with van der Waals surface area (Å²) in [6.45, 7) is 3.15. The van der Waals surface area contributed by atoms with Gasteiger partial charge in [0.15, 0.2) is 0 Å². The van der Waals surface area contributed by atoms with Crippen molar-refractivity contribution in [2.75, 3.05) is 11.4 Å². The molecule has 6 nitrogen and oxygen atoms in total. The van der Waals surface area contributed by atoms with Gasteiger partial charge in [-0.25, -0.2) is 0 Å². The summed E-state index contributed by atoms with van der Waals surface area (Å²) in [4.78, 5) is 18.9. The molecule has 0 fully saturated rings. The van der Waals surface area contributed by atoms with E-state index in [0.29, 0.717) is 11.1 Å². The number of aliphatic hydroxyl groups is 1. The zero-order valence-corrected chi connectivity index (χ0v) is 17.3. The van der Waals surface area contributed by atoms with E-state index in [4.69, 9.17) is 0 Å². The van der Waals surface area contributed by atoms with E-state index in [1.807, 2.05) is 26.0 Å². The Hall–Kier alpha value is -3.64. The first kappa shape index (κ1) is 21.6. The first-order chi connectivity index (χ1) is 15.2. The molecule has 3 aromatic rings. The number of hydrogen-bond acceptors (Lipinski definition) is 4. The zero-order chi connectivity index (χ0) is 23.0. The van der Waals surface area contributed by atoms with Crippen LogP contribution in [0.25, 0.3) is 0 Å². The van der Waals surface area contributed by atoms with Crippen molar-refractivity contribution < 1.29 is 23.1 Å². The number of hydrogen-bond donors (Lipinski definition) is 1. The summed E-state index contributed by atoms with van der Waals surface area (Å²) in [5, 5.41) is 13.7. The summed E-state index contributed by atoms with van der Waals surface area (Å²) < 4.78 is 41.1. The van der Waals surface area contributed by atoms with Gasteiger partial charge >= 0.3 is 6.18 Å². The normalized spacial score (nSPS) is 15.9. The summed E-state index contributed by atoms with van der Waals surface area (Å²) in [5.74, 6) is 5.49. The standard InChI is InChI=1S/C23H19F3N4O2/c1-14-3-4-16(10-27-14)5-6-17-11-28-30-15(2)12-29(22(32)21(17)30)19-7-8-20(23(24,25)26)18(9-19)13-31/h3-4,7-11,15,31H,12-13H2,1-2H3/t15-/m0/s1. The summed E-state index contributed by atoms with van der Waals surface area (Å²) in [5.41, 5.74) is 1.28. The second kappa shape index (κ2) is 8.13. The second-order valence-electron chi connectivity index (χ2n) is 7.55. The highest BCUT2D eigenvalue weighted by molar-refractivity contribution is 6.07. The van der Waals surface area contributed by atoms with Gasteiger partial charge in [-0.15, -0.1) is 0 Å². The predicted molar refractivity (Wildman–Crippen MR) is 111 cm³/mol. The first-order valence-electron chi connectivity index (χ1n) is 9.84. The number of aromatic nitrogens is 3. The maximum Gasteiger partial charge on any atom is 0.416 e. The van der Waals surface area contributed by atoms with Crippen molar-refractivity contribution >= 4 is 11.6 Å². The smallest absolute Gasteiger partial charge is 0.392 e. The number of nitrogens with zero attached hydrogens (tertiary/aromatic N) is 4. The molecule has 0 aliphatic carbocycles. The number of carbonyl (C=O) groups is 1. The van der Waals surface area contributed by atoms with Gasteiger partial charge in [0.25, 0.3) is 5.91 Å². The predicted octanol–water partition coefficient (Wildman–Crippen LogP) is 3.72. The van der Waals surface area contributed by atoms with Crippen LogP contribution in [0.15, 0.2) is 42.7 Å². The molecule has 164 valence electrons. The fourth-order valence-corrected chi connectivity index (χ4v) is 3.61. The minimum atomic E-state index is -4.60. The molecule has 4 rings (SSSR count). The monoisotopic (exact) mass is 440 g/mol. The Kier molecular flexibility index (Phi) is 5.48. The number of benzene rings is 1. The number of aryl methyl sites for hydroxylation is 1. The summed E-state index contributed by atoms with van der Waals surface area (Å²) in [7, 11) is 0. The maximum atomic E-state index is 13.3. The SMILES string of the molecule is Cc1ccc(C#Cc2cnn3c2C(=O)N(c2ccc(C(F)(F)F)c(CO)c2)C[C@@H]3C)cn1. The summed E-state index contributed by atoms with van der Waals surface area (Å²) in [6, 6.07) is 6.75. The number of aliphatic hydroxyl groups excluding tert-OH is 1. The van der Waals surface area contributed by atoms with Crippen LogP contribution in [0.3, 0.4) is 0 Å². The third-order valence-corrected chi connectivity index (χ3v) is 5.24. The van der Waals surface area contributed by atoms with Crippen LogP contribution in [-0.4, -0.2) is 32.3 Å². The van der Waals surface area contributed by atoms with E-state index in [-0.39, 0.29) is 29.5 Å². The van der Waals surface area contributed by atoms with Gasteiger partial charge < -0.3 is 10.0 Å². The van der Waals surface area contributed by atoms with Gasteiger partial charge in [-0.3, -0.25) is 14.5 Å². The lowest BCUT2D eigenvalue weighted by molar-refractivity contribution is -0.138. The third kappa shape index (κ3) is 3.97. The topological polar surface area (TPSA) is 71.2 Å². The number of amides is 1. The Balaban J connectivity index is 1.71. The molecule has 1 N–H and O–H groups in total. The van der Waals surface area contributed by atoms with E-state index >= 15 is 0 Å². The fourth-order valence-electron chi connectivity index (χ4n) is 3.61. The zero-order valence-electron chi connectivity index (χ0n) is 17.3. The minimum absolute atomic E-state index is 0.221. The van der Waals surface area contributed by atoms with E-state index in [1.165, 1.54) is 23.2 Å². The maximum absolute atomic E-state index is 13.3. The number of anilines is 1. The lowest BCUT2D eigenvalue weighted by Crippen LogP contribution is -2.43. The fraction of sp³-hybridized carbons (Fsp3) is 0.261. The van der Waals surface area contributed by atoms with Gasteiger partial charge in [-0.1, -0.05) is 11.8 Å². The van der Waals surface area contributed by atoms with Gasteiger partial charge in [0.05, 0.1) is 30.0 Å². The molecule has 1 atom stereocenters. The molecule has 1 aliphatic rings. The number of rotatable bonds is 2. The molecule has 0 saturated heterocycles. The van der Waals surface area contributed by atoms with Crippen molar-refractivity contribution in [2.24, 2.45) is 0 Å². The van der Waals surface area contributed by atoms with Crippen LogP contribution in [-0.2, 0) is 12.8 Å². The third-order valence-electron chi connectivity index (χ3n) is 5.24. The molecule has 0 radical (unpaired) electrons. The lowest BCUT2D eigenvalue weighted by Gasteiger charge is -2.32. The van der Waals surface area contributed by atoms with Crippen LogP contribution in [0.5, 0.6) is 0 Å². The molecule has 1 amide bonds.